The molecule has 7 nitrogen and oxygen atoms in total. The summed E-state index contributed by atoms with van der Waals surface area (Å²) in [5, 5.41) is 7.23. The highest BCUT2D eigenvalue weighted by molar-refractivity contribution is 5.85. The van der Waals surface area contributed by atoms with Crippen molar-refractivity contribution in [3.8, 4) is 5.75 Å². The standard InChI is InChI=1S/C19H26N4O3.ClH/c1-14(20-2)11-17-21-19(26-22-17)15-7-6-10-23(12-15)18(24)13-25-16-8-4-3-5-9-16;/h3-5,8-9,14-15,20H,6-7,10-13H2,1-2H3;1H. The fourth-order valence-electron chi connectivity index (χ4n) is 3.05. The normalized spacial score (nSPS) is 17.9. The highest BCUT2D eigenvalue weighted by atomic mass is 35.5. The van der Waals surface area contributed by atoms with Crippen molar-refractivity contribution in [1.82, 2.24) is 20.4 Å². The minimum atomic E-state index is -0.0119. The summed E-state index contributed by atoms with van der Waals surface area (Å²) < 4.78 is 11.0. The van der Waals surface area contributed by atoms with E-state index in [9.17, 15) is 4.79 Å². The molecule has 8 heteroatoms. The Morgan fingerprint density at radius 1 is 1.41 bits per heavy atom. The molecule has 2 unspecified atom stereocenters. The molecular formula is C19H27ClN4O3. The highest BCUT2D eigenvalue weighted by Crippen LogP contribution is 2.26. The van der Waals surface area contributed by atoms with Crippen LogP contribution in [-0.2, 0) is 11.2 Å². The van der Waals surface area contributed by atoms with Gasteiger partial charge in [-0.1, -0.05) is 23.4 Å². The number of halogens is 1. The number of carbonyl (C=O) groups excluding carboxylic acids is 1. The van der Waals surface area contributed by atoms with Crippen molar-refractivity contribution < 1.29 is 14.1 Å². The van der Waals surface area contributed by atoms with Gasteiger partial charge in [0.1, 0.15) is 5.75 Å². The summed E-state index contributed by atoms with van der Waals surface area (Å²) in [4.78, 5) is 18.8. The van der Waals surface area contributed by atoms with E-state index in [1.165, 1.54) is 0 Å². The summed E-state index contributed by atoms with van der Waals surface area (Å²) in [6.07, 6.45) is 2.60. The van der Waals surface area contributed by atoms with Crippen molar-refractivity contribution in [3.05, 3.63) is 42.0 Å². The number of piperidine rings is 1. The molecular weight excluding hydrogens is 368 g/mol. The molecule has 1 amide bonds. The Labute approximate surface area is 165 Å². The fourth-order valence-corrected chi connectivity index (χ4v) is 3.05. The van der Waals surface area contributed by atoms with Crippen LogP contribution < -0.4 is 10.1 Å². The molecule has 0 bridgehead atoms. The first-order valence-corrected chi connectivity index (χ1v) is 9.11. The fraction of sp³-hybridized carbons (Fsp3) is 0.526. The van der Waals surface area contributed by atoms with Gasteiger partial charge in [0.2, 0.25) is 5.89 Å². The lowest BCUT2D eigenvalue weighted by atomic mass is 9.98. The van der Waals surface area contributed by atoms with Crippen LogP contribution >= 0.6 is 12.4 Å². The number of nitrogens with one attached hydrogen (secondary N) is 1. The highest BCUT2D eigenvalue weighted by Gasteiger charge is 2.28. The van der Waals surface area contributed by atoms with Gasteiger partial charge < -0.3 is 19.5 Å². The minimum Gasteiger partial charge on any atom is -0.484 e. The van der Waals surface area contributed by atoms with Crippen molar-refractivity contribution >= 4 is 18.3 Å². The molecule has 0 saturated carbocycles. The van der Waals surface area contributed by atoms with Crippen LogP contribution in [0.25, 0.3) is 0 Å². The van der Waals surface area contributed by atoms with Gasteiger partial charge in [-0.3, -0.25) is 4.79 Å². The zero-order valence-corrected chi connectivity index (χ0v) is 16.6. The van der Waals surface area contributed by atoms with E-state index in [1.54, 1.807) is 0 Å². The average Bonchev–Trinajstić information content (AvgIpc) is 3.15. The van der Waals surface area contributed by atoms with Crippen molar-refractivity contribution in [3.63, 3.8) is 0 Å². The van der Waals surface area contributed by atoms with Gasteiger partial charge in [-0.15, -0.1) is 12.4 Å². The van der Waals surface area contributed by atoms with Gasteiger partial charge in [0.05, 0.1) is 5.92 Å². The number of amides is 1. The van der Waals surface area contributed by atoms with Crippen LogP contribution in [0.5, 0.6) is 5.75 Å². The van der Waals surface area contributed by atoms with E-state index in [-0.39, 0.29) is 30.8 Å². The summed E-state index contributed by atoms with van der Waals surface area (Å²) in [5.74, 6) is 2.12. The van der Waals surface area contributed by atoms with Crippen LogP contribution in [0.3, 0.4) is 0 Å². The predicted molar refractivity (Wildman–Crippen MR) is 104 cm³/mol. The monoisotopic (exact) mass is 394 g/mol. The number of aromatic nitrogens is 2. The molecule has 3 rings (SSSR count). The second-order valence-corrected chi connectivity index (χ2v) is 6.72. The van der Waals surface area contributed by atoms with Gasteiger partial charge in [-0.2, -0.15) is 4.98 Å². The number of hydrogen-bond donors (Lipinski definition) is 1. The number of nitrogens with zero attached hydrogens (tertiary/aromatic N) is 3. The summed E-state index contributed by atoms with van der Waals surface area (Å²) >= 11 is 0. The Morgan fingerprint density at radius 3 is 2.93 bits per heavy atom. The molecule has 2 aromatic rings. The second kappa shape index (κ2) is 10.3. The van der Waals surface area contributed by atoms with Crippen LogP contribution in [-0.4, -0.2) is 53.7 Å². The number of benzene rings is 1. The molecule has 27 heavy (non-hydrogen) atoms. The summed E-state index contributed by atoms with van der Waals surface area (Å²) in [6.45, 7) is 3.46. The summed E-state index contributed by atoms with van der Waals surface area (Å²) in [6, 6.07) is 9.67. The van der Waals surface area contributed by atoms with Crippen molar-refractivity contribution in [2.45, 2.75) is 38.1 Å². The Kier molecular flexibility index (Phi) is 8.06. The van der Waals surface area contributed by atoms with E-state index in [4.69, 9.17) is 9.26 Å². The summed E-state index contributed by atoms with van der Waals surface area (Å²) in [5.41, 5.74) is 0. The number of ether oxygens (including phenoxy) is 1. The number of likely N-dealkylation sites (tertiary alicyclic amines) is 1. The molecule has 1 fully saturated rings. The maximum atomic E-state index is 12.5. The van der Waals surface area contributed by atoms with E-state index in [1.807, 2.05) is 42.3 Å². The largest absolute Gasteiger partial charge is 0.484 e. The molecule has 1 aliphatic heterocycles. The molecule has 2 heterocycles. The van der Waals surface area contributed by atoms with Gasteiger partial charge in [0.25, 0.3) is 5.91 Å². The number of rotatable bonds is 7. The Morgan fingerprint density at radius 2 is 2.19 bits per heavy atom. The molecule has 0 spiro atoms. The average molecular weight is 395 g/mol. The molecule has 1 aromatic carbocycles. The van der Waals surface area contributed by atoms with Gasteiger partial charge in [-0.25, -0.2) is 0 Å². The Balaban J connectivity index is 0.00000261. The first-order chi connectivity index (χ1) is 12.7. The third-order valence-corrected chi connectivity index (χ3v) is 4.69. The topological polar surface area (TPSA) is 80.5 Å². The van der Waals surface area contributed by atoms with E-state index < -0.39 is 0 Å². The smallest absolute Gasteiger partial charge is 0.260 e. The molecule has 1 aliphatic rings. The summed E-state index contributed by atoms with van der Waals surface area (Å²) in [7, 11) is 1.91. The third-order valence-electron chi connectivity index (χ3n) is 4.69. The van der Waals surface area contributed by atoms with E-state index in [2.05, 4.69) is 22.4 Å². The number of carbonyl (C=O) groups is 1. The first kappa shape index (κ1) is 21.2. The van der Waals surface area contributed by atoms with Crippen LogP contribution in [0.2, 0.25) is 0 Å². The zero-order valence-electron chi connectivity index (χ0n) is 15.8. The third kappa shape index (κ3) is 5.94. The van der Waals surface area contributed by atoms with Gasteiger partial charge in [0.15, 0.2) is 12.4 Å². The van der Waals surface area contributed by atoms with Crippen molar-refractivity contribution in [1.29, 1.82) is 0 Å². The molecule has 1 aromatic heterocycles. The Bertz CT molecular complexity index is 710. The molecule has 1 saturated heterocycles. The number of hydrogen-bond acceptors (Lipinski definition) is 6. The quantitative estimate of drug-likeness (QED) is 0.776. The molecule has 1 N–H and O–H groups in total. The van der Waals surface area contributed by atoms with Crippen LogP contribution in [0.4, 0.5) is 0 Å². The second-order valence-electron chi connectivity index (χ2n) is 6.72. The van der Waals surface area contributed by atoms with Crippen LogP contribution in [0, 0.1) is 0 Å². The number of likely N-dealkylation sites (N-methyl/N-ethyl adjacent to an activating group) is 1. The zero-order chi connectivity index (χ0) is 18.4. The lowest BCUT2D eigenvalue weighted by Crippen LogP contribution is -2.41. The first-order valence-electron chi connectivity index (χ1n) is 9.11. The number of para-hydroxylation sites is 1. The maximum Gasteiger partial charge on any atom is 0.260 e. The van der Waals surface area contributed by atoms with Crippen molar-refractivity contribution in [2.24, 2.45) is 0 Å². The van der Waals surface area contributed by atoms with Crippen molar-refractivity contribution in [2.75, 3.05) is 26.7 Å². The van der Waals surface area contributed by atoms with E-state index in [0.29, 0.717) is 30.1 Å². The van der Waals surface area contributed by atoms with Gasteiger partial charge in [0, 0.05) is 25.6 Å². The maximum absolute atomic E-state index is 12.5. The van der Waals surface area contributed by atoms with Crippen LogP contribution in [0.1, 0.15) is 37.4 Å². The van der Waals surface area contributed by atoms with Crippen LogP contribution in [0.15, 0.2) is 34.9 Å². The predicted octanol–water partition coefficient (Wildman–Crippen LogP) is 2.43. The van der Waals surface area contributed by atoms with Gasteiger partial charge >= 0.3 is 0 Å². The minimum absolute atomic E-state index is 0. The molecule has 148 valence electrons. The molecule has 2 atom stereocenters. The SMILES string of the molecule is CNC(C)Cc1noc(C2CCCN(C(=O)COc3ccccc3)C2)n1.Cl. The Hall–Kier alpha value is -2.12. The van der Waals surface area contributed by atoms with E-state index in [0.717, 1.165) is 25.8 Å². The molecule has 0 aliphatic carbocycles. The lowest BCUT2D eigenvalue weighted by molar-refractivity contribution is -0.134. The lowest BCUT2D eigenvalue weighted by Gasteiger charge is -2.30. The van der Waals surface area contributed by atoms with E-state index >= 15 is 0 Å². The molecule has 0 radical (unpaired) electrons. The van der Waals surface area contributed by atoms with Gasteiger partial charge in [-0.05, 0) is 38.9 Å².